The highest BCUT2D eigenvalue weighted by Crippen LogP contribution is 2.39. The molecule has 176 valence electrons. The summed E-state index contributed by atoms with van der Waals surface area (Å²) in [6, 6.07) is 23.4. The van der Waals surface area contributed by atoms with Crippen LogP contribution >= 0.6 is 12.2 Å². The fourth-order valence-electron chi connectivity index (χ4n) is 4.16. The Kier molecular flexibility index (Phi) is 6.29. The molecule has 1 aliphatic rings. The van der Waals surface area contributed by atoms with Crippen LogP contribution in [0.4, 0.5) is 10.1 Å². The summed E-state index contributed by atoms with van der Waals surface area (Å²) in [5, 5.41) is 8.13. The topological polar surface area (TPSA) is 63.4 Å². The first kappa shape index (κ1) is 22.7. The van der Waals surface area contributed by atoms with Crippen molar-refractivity contribution in [1.82, 2.24) is 15.5 Å². The van der Waals surface area contributed by atoms with Crippen molar-refractivity contribution in [2.45, 2.75) is 19.9 Å². The lowest BCUT2D eigenvalue weighted by molar-refractivity contribution is 0.340. The van der Waals surface area contributed by atoms with Crippen LogP contribution in [0.2, 0.25) is 0 Å². The van der Waals surface area contributed by atoms with Crippen LogP contribution in [0.25, 0.3) is 17.0 Å². The number of thiocarbonyl (C=S) groups is 1. The second-order valence-corrected chi connectivity index (χ2v) is 8.37. The summed E-state index contributed by atoms with van der Waals surface area (Å²) in [4.78, 5) is 6.58. The zero-order chi connectivity index (χ0) is 24.4. The SMILES string of the molecule is CCOc1ccc(C2NC(=S)N(c3ccccc3)C(C)=C2c2nc(-c3cccc(F)c3)no2)cc1. The van der Waals surface area contributed by atoms with Crippen LogP contribution in [0.5, 0.6) is 5.75 Å². The van der Waals surface area contributed by atoms with Crippen LogP contribution in [0.1, 0.15) is 31.3 Å². The molecular weight excluding hydrogens is 463 g/mol. The van der Waals surface area contributed by atoms with Gasteiger partial charge in [0.25, 0.3) is 5.89 Å². The van der Waals surface area contributed by atoms with Crippen molar-refractivity contribution in [3.63, 3.8) is 0 Å². The molecule has 1 atom stereocenters. The zero-order valence-electron chi connectivity index (χ0n) is 19.2. The Morgan fingerprint density at radius 1 is 1.06 bits per heavy atom. The standard InChI is InChI=1S/C27H23FN4O2S/c1-3-33-22-14-12-18(13-15-22)24-23(17(2)32(27(35)29-24)21-10-5-4-6-11-21)26-30-25(31-34-26)19-8-7-9-20(28)16-19/h4-16,24H,3H2,1-2H3,(H,29,35). The van der Waals surface area contributed by atoms with E-state index in [-0.39, 0.29) is 11.9 Å². The molecule has 1 N–H and O–H groups in total. The summed E-state index contributed by atoms with van der Waals surface area (Å²) in [6.07, 6.45) is 0. The van der Waals surface area contributed by atoms with E-state index in [1.54, 1.807) is 12.1 Å². The molecule has 1 aliphatic heterocycles. The quantitative estimate of drug-likeness (QED) is 0.328. The number of anilines is 1. The third kappa shape index (κ3) is 4.52. The summed E-state index contributed by atoms with van der Waals surface area (Å²) in [6.45, 7) is 4.51. The molecule has 0 aliphatic carbocycles. The number of nitrogens with zero attached hydrogens (tertiary/aromatic N) is 3. The number of benzene rings is 3. The Balaban J connectivity index is 1.62. The van der Waals surface area contributed by atoms with Crippen molar-refractivity contribution in [2.24, 2.45) is 0 Å². The fourth-order valence-corrected chi connectivity index (χ4v) is 4.52. The van der Waals surface area contributed by atoms with Gasteiger partial charge in [-0.15, -0.1) is 0 Å². The van der Waals surface area contributed by atoms with Crippen LogP contribution < -0.4 is 15.0 Å². The highest BCUT2D eigenvalue weighted by atomic mass is 32.1. The molecular formula is C27H23FN4O2S. The number of ether oxygens (including phenoxy) is 1. The Morgan fingerprint density at radius 3 is 2.54 bits per heavy atom. The smallest absolute Gasteiger partial charge is 0.258 e. The average molecular weight is 487 g/mol. The number of aromatic nitrogens is 2. The number of nitrogens with one attached hydrogen (secondary N) is 1. The molecule has 35 heavy (non-hydrogen) atoms. The molecule has 0 spiro atoms. The van der Waals surface area contributed by atoms with Gasteiger partial charge in [0.05, 0.1) is 18.2 Å². The minimum absolute atomic E-state index is 0.310. The van der Waals surface area contributed by atoms with Crippen LogP contribution in [0.15, 0.2) is 89.1 Å². The third-order valence-electron chi connectivity index (χ3n) is 5.76. The lowest BCUT2D eigenvalue weighted by atomic mass is 9.94. The summed E-state index contributed by atoms with van der Waals surface area (Å²) < 4.78 is 25.1. The van der Waals surface area contributed by atoms with E-state index < -0.39 is 0 Å². The summed E-state index contributed by atoms with van der Waals surface area (Å²) in [5.41, 5.74) is 4.04. The van der Waals surface area contributed by atoms with E-state index in [9.17, 15) is 4.39 Å². The first-order valence-electron chi connectivity index (χ1n) is 11.2. The van der Waals surface area contributed by atoms with Crippen LogP contribution in [0.3, 0.4) is 0 Å². The highest BCUT2D eigenvalue weighted by molar-refractivity contribution is 7.80. The van der Waals surface area contributed by atoms with Crippen LogP contribution in [-0.2, 0) is 0 Å². The Labute approximate surface area is 208 Å². The van der Waals surface area contributed by atoms with E-state index in [2.05, 4.69) is 15.5 Å². The van der Waals surface area contributed by atoms with Crippen molar-refractivity contribution < 1.29 is 13.7 Å². The third-order valence-corrected chi connectivity index (χ3v) is 6.06. The van der Waals surface area contributed by atoms with Gasteiger partial charge < -0.3 is 14.6 Å². The maximum atomic E-state index is 13.8. The van der Waals surface area contributed by atoms with Gasteiger partial charge >= 0.3 is 0 Å². The fraction of sp³-hybridized carbons (Fsp3) is 0.148. The van der Waals surface area contributed by atoms with Gasteiger partial charge in [-0.25, -0.2) is 4.39 Å². The minimum Gasteiger partial charge on any atom is -0.494 e. The monoisotopic (exact) mass is 486 g/mol. The van der Waals surface area contributed by atoms with Gasteiger partial charge in [-0.2, -0.15) is 4.98 Å². The van der Waals surface area contributed by atoms with Crippen molar-refractivity contribution in [3.8, 4) is 17.1 Å². The molecule has 0 fully saturated rings. The molecule has 8 heteroatoms. The van der Waals surface area contributed by atoms with Crippen molar-refractivity contribution in [2.75, 3.05) is 11.5 Å². The highest BCUT2D eigenvalue weighted by Gasteiger charge is 2.34. The van der Waals surface area contributed by atoms with E-state index >= 15 is 0 Å². The number of hydrogen-bond acceptors (Lipinski definition) is 5. The average Bonchev–Trinajstić information content (AvgIpc) is 3.35. The van der Waals surface area contributed by atoms with E-state index in [0.29, 0.717) is 29.0 Å². The van der Waals surface area contributed by atoms with Crippen molar-refractivity contribution >= 4 is 28.6 Å². The second-order valence-electron chi connectivity index (χ2n) is 7.99. The van der Waals surface area contributed by atoms with Gasteiger partial charge in [-0.3, -0.25) is 4.90 Å². The zero-order valence-corrected chi connectivity index (χ0v) is 20.1. The number of allylic oxidation sites excluding steroid dienone is 1. The molecule has 6 nitrogen and oxygen atoms in total. The molecule has 0 saturated heterocycles. The molecule has 0 bridgehead atoms. The van der Waals surface area contributed by atoms with Crippen LogP contribution in [-0.4, -0.2) is 21.9 Å². The van der Waals surface area contributed by atoms with Gasteiger partial charge in [0, 0.05) is 16.9 Å². The summed E-state index contributed by atoms with van der Waals surface area (Å²) >= 11 is 5.78. The normalized spacial score (nSPS) is 15.8. The predicted molar refractivity (Wildman–Crippen MR) is 137 cm³/mol. The Bertz CT molecular complexity index is 1390. The molecule has 4 aromatic rings. The Morgan fingerprint density at radius 2 is 1.83 bits per heavy atom. The van der Waals surface area contributed by atoms with E-state index in [1.807, 2.05) is 73.3 Å². The molecule has 1 unspecified atom stereocenters. The molecule has 0 amide bonds. The first-order chi connectivity index (χ1) is 17.0. The lowest BCUT2D eigenvalue weighted by Gasteiger charge is -2.37. The number of para-hydroxylation sites is 1. The summed E-state index contributed by atoms with van der Waals surface area (Å²) in [7, 11) is 0. The van der Waals surface area contributed by atoms with Crippen molar-refractivity contribution in [3.05, 3.63) is 102 Å². The second kappa shape index (κ2) is 9.68. The molecule has 0 saturated carbocycles. The van der Waals surface area contributed by atoms with E-state index in [0.717, 1.165) is 28.3 Å². The minimum atomic E-state index is -0.364. The lowest BCUT2D eigenvalue weighted by Crippen LogP contribution is -2.46. The molecule has 5 rings (SSSR count). The first-order valence-corrected chi connectivity index (χ1v) is 11.6. The van der Waals surface area contributed by atoms with Gasteiger partial charge in [0.1, 0.15) is 11.6 Å². The van der Waals surface area contributed by atoms with Crippen LogP contribution in [0, 0.1) is 5.82 Å². The number of rotatable bonds is 6. The van der Waals surface area contributed by atoms with Gasteiger partial charge in [0.2, 0.25) is 5.82 Å². The summed E-state index contributed by atoms with van der Waals surface area (Å²) in [5.74, 6) is 1.06. The van der Waals surface area contributed by atoms with Crippen molar-refractivity contribution in [1.29, 1.82) is 0 Å². The molecule has 0 radical (unpaired) electrons. The van der Waals surface area contributed by atoms with E-state index in [1.165, 1.54) is 12.1 Å². The molecule has 1 aromatic heterocycles. The predicted octanol–water partition coefficient (Wildman–Crippen LogP) is 6.14. The van der Waals surface area contributed by atoms with Gasteiger partial charge in [-0.1, -0.05) is 47.6 Å². The number of hydrogen-bond donors (Lipinski definition) is 1. The Hall–Kier alpha value is -4.04. The maximum Gasteiger partial charge on any atom is 0.258 e. The number of halogens is 1. The maximum absolute atomic E-state index is 13.8. The molecule has 3 aromatic carbocycles. The van der Waals surface area contributed by atoms with E-state index in [4.69, 9.17) is 21.5 Å². The van der Waals surface area contributed by atoms with Gasteiger partial charge in [0.15, 0.2) is 5.11 Å². The molecule has 2 heterocycles. The van der Waals surface area contributed by atoms with Gasteiger partial charge in [-0.05, 0) is 68.0 Å². The largest absolute Gasteiger partial charge is 0.494 e.